The highest BCUT2D eigenvalue weighted by atomic mass is 16.6. The lowest BCUT2D eigenvalue weighted by Crippen LogP contribution is -2.39. The van der Waals surface area contributed by atoms with E-state index in [0.717, 1.165) is 6.42 Å². The van der Waals surface area contributed by atoms with E-state index in [9.17, 15) is 4.79 Å². The van der Waals surface area contributed by atoms with Crippen molar-refractivity contribution < 1.29 is 14.3 Å². The molecule has 11 heavy (non-hydrogen) atoms. The Balaban J connectivity index is 2.31. The van der Waals surface area contributed by atoms with Crippen molar-refractivity contribution in [2.45, 2.75) is 38.9 Å². The number of carbonyl (C=O) groups excluding carboxylic acids is 1. The second-order valence-electron chi connectivity index (χ2n) is 3.68. The van der Waals surface area contributed by atoms with Gasteiger partial charge in [-0.2, -0.15) is 0 Å². The third-order valence-electron chi connectivity index (χ3n) is 1.37. The monoisotopic (exact) mass is 158 g/mol. The molecule has 3 nitrogen and oxygen atoms in total. The van der Waals surface area contributed by atoms with E-state index in [1.807, 2.05) is 20.8 Å². The van der Waals surface area contributed by atoms with Crippen molar-refractivity contribution in [3.63, 3.8) is 0 Å². The summed E-state index contributed by atoms with van der Waals surface area (Å²) in [6, 6.07) is 0. The summed E-state index contributed by atoms with van der Waals surface area (Å²) < 4.78 is 10.0. The van der Waals surface area contributed by atoms with Gasteiger partial charge in [-0.3, -0.25) is 0 Å². The van der Waals surface area contributed by atoms with Crippen LogP contribution in [0.4, 0.5) is 0 Å². The Labute approximate surface area is 66.7 Å². The number of esters is 1. The molecule has 3 heteroatoms. The van der Waals surface area contributed by atoms with Crippen molar-refractivity contribution in [1.29, 1.82) is 0 Å². The van der Waals surface area contributed by atoms with Crippen LogP contribution in [0.5, 0.6) is 0 Å². The molecule has 0 amide bonds. The molecule has 0 spiro atoms. The van der Waals surface area contributed by atoms with Gasteiger partial charge in [0.1, 0.15) is 5.60 Å². The second-order valence-corrected chi connectivity index (χ2v) is 3.68. The molecular formula is C8H14O3. The van der Waals surface area contributed by atoms with Gasteiger partial charge in [-0.05, 0) is 20.8 Å². The fourth-order valence-electron chi connectivity index (χ4n) is 0.789. The van der Waals surface area contributed by atoms with Gasteiger partial charge < -0.3 is 9.47 Å². The Morgan fingerprint density at radius 1 is 1.55 bits per heavy atom. The maximum Gasteiger partial charge on any atom is 0.335 e. The molecule has 0 aromatic carbocycles. The number of hydrogen-bond donors (Lipinski definition) is 0. The highest BCUT2D eigenvalue weighted by molar-refractivity contribution is 5.75. The molecule has 0 N–H and O–H groups in total. The molecule has 1 aliphatic heterocycles. The summed E-state index contributed by atoms with van der Waals surface area (Å²) in [5.41, 5.74) is -0.393. The van der Waals surface area contributed by atoms with Gasteiger partial charge >= 0.3 is 5.97 Å². The minimum Gasteiger partial charge on any atom is -0.458 e. The van der Waals surface area contributed by atoms with E-state index in [0.29, 0.717) is 6.61 Å². The topological polar surface area (TPSA) is 35.5 Å². The zero-order valence-corrected chi connectivity index (χ0v) is 7.22. The van der Waals surface area contributed by atoms with Gasteiger partial charge in [-0.15, -0.1) is 0 Å². The van der Waals surface area contributed by atoms with Gasteiger partial charge in [0.25, 0.3) is 0 Å². The molecule has 1 fully saturated rings. The van der Waals surface area contributed by atoms with E-state index >= 15 is 0 Å². The SMILES string of the molecule is CC(C)(C)OC(=O)C1CCO1. The van der Waals surface area contributed by atoms with E-state index in [1.165, 1.54) is 0 Å². The van der Waals surface area contributed by atoms with Crippen LogP contribution in [0.3, 0.4) is 0 Å². The standard InChI is InChI=1S/C8H14O3/c1-8(2,3)11-7(9)6-4-5-10-6/h6H,4-5H2,1-3H3. The van der Waals surface area contributed by atoms with Gasteiger partial charge in [0, 0.05) is 6.42 Å². The van der Waals surface area contributed by atoms with Crippen LogP contribution in [0, 0.1) is 0 Å². The van der Waals surface area contributed by atoms with Crippen molar-refractivity contribution in [2.75, 3.05) is 6.61 Å². The smallest absolute Gasteiger partial charge is 0.335 e. The van der Waals surface area contributed by atoms with Crippen LogP contribution in [-0.4, -0.2) is 24.3 Å². The lowest BCUT2D eigenvalue weighted by Gasteiger charge is -2.28. The van der Waals surface area contributed by atoms with Gasteiger partial charge in [0.05, 0.1) is 6.61 Å². The largest absolute Gasteiger partial charge is 0.458 e. The van der Waals surface area contributed by atoms with Crippen molar-refractivity contribution >= 4 is 5.97 Å². The zero-order valence-electron chi connectivity index (χ0n) is 7.22. The van der Waals surface area contributed by atoms with Gasteiger partial charge in [-0.1, -0.05) is 0 Å². The molecule has 1 aliphatic rings. The molecule has 0 aromatic rings. The van der Waals surface area contributed by atoms with E-state index < -0.39 is 5.60 Å². The highest BCUT2D eigenvalue weighted by Crippen LogP contribution is 2.16. The van der Waals surface area contributed by atoms with Crippen LogP contribution >= 0.6 is 0 Å². The number of rotatable bonds is 1. The Bertz CT molecular complexity index is 153. The molecule has 1 heterocycles. The Kier molecular flexibility index (Phi) is 2.18. The summed E-state index contributed by atoms with van der Waals surface area (Å²) in [5, 5.41) is 0. The summed E-state index contributed by atoms with van der Waals surface area (Å²) in [7, 11) is 0. The third kappa shape index (κ3) is 2.50. The van der Waals surface area contributed by atoms with Gasteiger partial charge in [0.2, 0.25) is 0 Å². The number of ether oxygens (including phenoxy) is 2. The van der Waals surface area contributed by atoms with Crippen LogP contribution in [0.15, 0.2) is 0 Å². The summed E-state index contributed by atoms with van der Waals surface area (Å²) in [4.78, 5) is 11.1. The average molecular weight is 158 g/mol. The van der Waals surface area contributed by atoms with Crippen LogP contribution in [0.2, 0.25) is 0 Å². The summed E-state index contributed by atoms with van der Waals surface area (Å²) in [6.45, 7) is 6.24. The Morgan fingerprint density at radius 2 is 2.09 bits per heavy atom. The molecule has 1 unspecified atom stereocenters. The van der Waals surface area contributed by atoms with Gasteiger partial charge in [0.15, 0.2) is 6.10 Å². The number of carbonyl (C=O) groups is 1. The summed E-state index contributed by atoms with van der Waals surface area (Å²) in [5.74, 6) is -0.233. The zero-order chi connectivity index (χ0) is 8.48. The molecule has 1 saturated heterocycles. The molecule has 0 radical (unpaired) electrons. The molecule has 0 bridgehead atoms. The lowest BCUT2D eigenvalue weighted by atomic mass is 10.1. The average Bonchev–Trinajstić information content (AvgIpc) is 1.50. The first-order chi connectivity index (χ1) is 4.99. The summed E-state index contributed by atoms with van der Waals surface area (Å²) >= 11 is 0. The van der Waals surface area contributed by atoms with Crippen molar-refractivity contribution in [2.24, 2.45) is 0 Å². The summed E-state index contributed by atoms with van der Waals surface area (Å²) in [6.07, 6.45) is 0.503. The number of hydrogen-bond acceptors (Lipinski definition) is 3. The normalized spacial score (nSPS) is 24.1. The molecule has 0 aliphatic carbocycles. The lowest BCUT2D eigenvalue weighted by molar-refractivity contribution is -0.180. The van der Waals surface area contributed by atoms with Crippen molar-refractivity contribution in [3.05, 3.63) is 0 Å². The van der Waals surface area contributed by atoms with Crippen LogP contribution in [0.1, 0.15) is 27.2 Å². The fourth-order valence-corrected chi connectivity index (χ4v) is 0.789. The van der Waals surface area contributed by atoms with Crippen molar-refractivity contribution in [3.8, 4) is 0 Å². The fraction of sp³-hybridized carbons (Fsp3) is 0.875. The molecule has 64 valence electrons. The first kappa shape index (κ1) is 8.53. The maximum atomic E-state index is 11.1. The van der Waals surface area contributed by atoms with Gasteiger partial charge in [-0.25, -0.2) is 4.79 Å². The highest BCUT2D eigenvalue weighted by Gasteiger charge is 2.30. The van der Waals surface area contributed by atoms with E-state index in [1.54, 1.807) is 0 Å². The second kappa shape index (κ2) is 2.81. The third-order valence-corrected chi connectivity index (χ3v) is 1.37. The maximum absolute atomic E-state index is 11.1. The minimum atomic E-state index is -0.393. The minimum absolute atomic E-state index is 0.233. The molecular weight excluding hydrogens is 144 g/mol. The molecule has 1 atom stereocenters. The van der Waals surface area contributed by atoms with Crippen LogP contribution in [0.25, 0.3) is 0 Å². The van der Waals surface area contributed by atoms with Crippen molar-refractivity contribution in [1.82, 2.24) is 0 Å². The Morgan fingerprint density at radius 3 is 2.36 bits per heavy atom. The predicted molar refractivity (Wildman–Crippen MR) is 40.2 cm³/mol. The van der Waals surface area contributed by atoms with Crippen LogP contribution < -0.4 is 0 Å². The van der Waals surface area contributed by atoms with E-state index in [-0.39, 0.29) is 12.1 Å². The first-order valence-electron chi connectivity index (χ1n) is 3.83. The quantitative estimate of drug-likeness (QED) is 0.536. The van der Waals surface area contributed by atoms with Crippen LogP contribution in [-0.2, 0) is 14.3 Å². The molecule has 0 saturated carbocycles. The molecule has 1 rings (SSSR count). The first-order valence-corrected chi connectivity index (χ1v) is 3.83. The predicted octanol–water partition coefficient (Wildman–Crippen LogP) is 1.12. The molecule has 0 aromatic heterocycles. The van der Waals surface area contributed by atoms with E-state index in [4.69, 9.17) is 9.47 Å². The Hall–Kier alpha value is -0.570. The van der Waals surface area contributed by atoms with E-state index in [2.05, 4.69) is 0 Å².